The Morgan fingerprint density at radius 3 is 1.69 bits per heavy atom. The van der Waals surface area contributed by atoms with Gasteiger partial charge in [-0.3, -0.25) is 0 Å². The van der Waals surface area contributed by atoms with Crippen LogP contribution in [0.1, 0.15) is 28.7 Å². The molecule has 0 unspecified atom stereocenters. The Hall–Kier alpha value is -4.11. The van der Waals surface area contributed by atoms with Gasteiger partial charge in [-0.2, -0.15) is 0 Å². The van der Waals surface area contributed by atoms with E-state index in [1.54, 1.807) is 0 Å². The Morgan fingerprint density at radius 2 is 1.11 bits per heavy atom. The number of aryl methyl sites for hydroxylation is 1. The van der Waals surface area contributed by atoms with Gasteiger partial charge in [-0.05, 0) is 47.0 Å². The zero-order chi connectivity index (χ0) is 25.4. The molecule has 0 bridgehead atoms. The summed E-state index contributed by atoms with van der Waals surface area (Å²) >= 11 is 0. The van der Waals surface area contributed by atoms with Crippen molar-refractivity contribution in [3.05, 3.63) is 144 Å². The molecule has 0 aliphatic rings. The number of nitrogens with zero attached hydrogens (tertiary/aromatic N) is 2. The minimum Gasteiger partial charge on any atom is -0.376 e. The molecule has 4 aromatic carbocycles. The Morgan fingerprint density at radius 1 is 0.611 bits per heavy atom. The van der Waals surface area contributed by atoms with Gasteiger partial charge < -0.3 is 14.6 Å². The van der Waals surface area contributed by atoms with Crippen molar-refractivity contribution < 1.29 is 4.79 Å². The number of carbonyl (C=O) groups excluding carboxylic acids is 1. The van der Waals surface area contributed by atoms with Gasteiger partial charge in [0, 0.05) is 39.3 Å². The van der Waals surface area contributed by atoms with Crippen LogP contribution in [0.25, 0.3) is 6.08 Å². The van der Waals surface area contributed by atoms with Crippen molar-refractivity contribution in [1.82, 2.24) is 4.90 Å². The zero-order valence-electron chi connectivity index (χ0n) is 21.3. The van der Waals surface area contributed by atoms with Gasteiger partial charge in [-0.1, -0.05) is 109 Å². The van der Waals surface area contributed by atoms with Gasteiger partial charge in [-0.25, -0.2) is 0 Å². The number of anilines is 1. The summed E-state index contributed by atoms with van der Waals surface area (Å²) < 4.78 is 0. The lowest BCUT2D eigenvalue weighted by molar-refractivity contribution is -0.107. The highest BCUT2D eigenvalue weighted by Gasteiger charge is 2.06. The first-order chi connectivity index (χ1) is 17.7. The maximum absolute atomic E-state index is 9.98. The van der Waals surface area contributed by atoms with Crippen LogP contribution in [0.4, 0.5) is 5.69 Å². The lowest BCUT2D eigenvalue weighted by Crippen LogP contribution is -2.17. The van der Waals surface area contributed by atoms with E-state index in [1.165, 1.54) is 27.9 Å². The van der Waals surface area contributed by atoms with Crippen LogP contribution in [0, 0.1) is 0 Å². The van der Waals surface area contributed by atoms with Crippen molar-refractivity contribution in [1.29, 1.82) is 0 Å². The fourth-order valence-electron chi connectivity index (χ4n) is 3.92. The number of para-hydroxylation sites is 1. The molecule has 3 heteroatoms. The highest BCUT2D eigenvalue weighted by atomic mass is 16.1. The van der Waals surface area contributed by atoms with Crippen molar-refractivity contribution in [2.75, 3.05) is 19.0 Å². The molecule has 0 atom stereocenters. The molecule has 0 radical (unpaired) electrons. The first-order valence-corrected chi connectivity index (χ1v) is 12.4. The molecule has 36 heavy (non-hydrogen) atoms. The van der Waals surface area contributed by atoms with Crippen LogP contribution in [-0.2, 0) is 24.3 Å². The molecular weight excluding hydrogens is 440 g/mol. The average molecular weight is 477 g/mol. The van der Waals surface area contributed by atoms with Gasteiger partial charge in [0.05, 0.1) is 0 Å². The standard InChI is InChI=1S/C24H26N2.C9H10O/c1-25(19-21-11-5-3-6-12-21)18-17-23-15-9-10-16-24(23)26(2)20-22-13-7-4-8-14-22;10-8-4-7-9-5-2-1-3-6-9/h3-18H,19-20H2,1-2H3;1-3,5-6,8H,4,7H2. The molecule has 0 aliphatic carbocycles. The fraction of sp³-hybridized carbons (Fsp3) is 0.182. The lowest BCUT2D eigenvalue weighted by atomic mass is 10.1. The molecule has 0 saturated heterocycles. The van der Waals surface area contributed by atoms with Gasteiger partial charge in [0.1, 0.15) is 6.29 Å². The van der Waals surface area contributed by atoms with E-state index < -0.39 is 0 Å². The van der Waals surface area contributed by atoms with E-state index in [9.17, 15) is 4.79 Å². The summed E-state index contributed by atoms with van der Waals surface area (Å²) in [5, 5.41) is 0. The van der Waals surface area contributed by atoms with Gasteiger partial charge >= 0.3 is 0 Å². The smallest absolute Gasteiger partial charge is 0.120 e. The Balaban J connectivity index is 0.000000303. The van der Waals surface area contributed by atoms with E-state index in [-0.39, 0.29) is 0 Å². The second-order valence-electron chi connectivity index (χ2n) is 8.81. The predicted molar refractivity (Wildman–Crippen MR) is 153 cm³/mol. The number of hydrogen-bond acceptors (Lipinski definition) is 3. The third-order valence-electron chi connectivity index (χ3n) is 5.79. The molecule has 0 saturated carbocycles. The first-order valence-electron chi connectivity index (χ1n) is 12.4. The number of benzene rings is 4. The maximum Gasteiger partial charge on any atom is 0.120 e. The normalized spacial score (nSPS) is 10.4. The first kappa shape index (κ1) is 26.5. The SMILES string of the molecule is CN(C=Cc1ccccc1N(C)Cc1ccccc1)Cc1ccccc1.O=CCCc1ccccc1. The minimum atomic E-state index is 0.629. The van der Waals surface area contributed by atoms with Gasteiger partial charge in [-0.15, -0.1) is 0 Å². The van der Waals surface area contributed by atoms with Crippen LogP contribution in [0.2, 0.25) is 0 Å². The Labute approximate surface area is 216 Å². The third kappa shape index (κ3) is 9.27. The predicted octanol–water partition coefficient (Wildman–Crippen LogP) is 7.24. The van der Waals surface area contributed by atoms with Crippen LogP contribution in [0.15, 0.2) is 121 Å². The molecule has 0 spiro atoms. The summed E-state index contributed by atoms with van der Waals surface area (Å²) in [7, 11) is 4.26. The molecule has 0 N–H and O–H groups in total. The fourth-order valence-corrected chi connectivity index (χ4v) is 3.92. The summed E-state index contributed by atoms with van der Waals surface area (Å²) in [6, 6.07) is 39.7. The summed E-state index contributed by atoms with van der Waals surface area (Å²) in [6.07, 6.45) is 6.79. The summed E-state index contributed by atoms with van der Waals surface area (Å²) in [5.74, 6) is 0. The lowest BCUT2D eigenvalue weighted by Gasteiger charge is -2.22. The summed E-state index contributed by atoms with van der Waals surface area (Å²) in [4.78, 5) is 14.5. The molecule has 4 aromatic rings. The van der Waals surface area contributed by atoms with E-state index in [0.717, 1.165) is 25.8 Å². The molecule has 0 amide bonds. The van der Waals surface area contributed by atoms with Crippen LogP contribution in [-0.4, -0.2) is 25.3 Å². The summed E-state index contributed by atoms with van der Waals surface area (Å²) in [6.45, 7) is 1.80. The van der Waals surface area contributed by atoms with Crippen molar-refractivity contribution in [2.24, 2.45) is 0 Å². The molecule has 0 heterocycles. The molecule has 4 rings (SSSR count). The van der Waals surface area contributed by atoms with E-state index in [1.807, 2.05) is 30.3 Å². The van der Waals surface area contributed by atoms with Crippen molar-refractivity contribution >= 4 is 18.0 Å². The highest BCUT2D eigenvalue weighted by molar-refractivity contribution is 5.67. The van der Waals surface area contributed by atoms with Crippen molar-refractivity contribution in [3.63, 3.8) is 0 Å². The number of aldehydes is 1. The quantitative estimate of drug-likeness (QED) is 0.225. The van der Waals surface area contributed by atoms with Gasteiger partial charge in [0.25, 0.3) is 0 Å². The molecule has 0 aliphatic heterocycles. The van der Waals surface area contributed by atoms with Crippen molar-refractivity contribution in [2.45, 2.75) is 25.9 Å². The minimum absolute atomic E-state index is 0.629. The van der Waals surface area contributed by atoms with E-state index >= 15 is 0 Å². The van der Waals surface area contributed by atoms with Crippen LogP contribution < -0.4 is 4.90 Å². The van der Waals surface area contributed by atoms with Gasteiger partial charge in [0.15, 0.2) is 0 Å². The molecular formula is C33H36N2O. The van der Waals surface area contributed by atoms with Crippen LogP contribution in [0.5, 0.6) is 0 Å². The largest absolute Gasteiger partial charge is 0.376 e. The monoisotopic (exact) mass is 476 g/mol. The van der Waals surface area contributed by atoms with E-state index in [4.69, 9.17) is 0 Å². The number of carbonyl (C=O) groups is 1. The Kier molecular flexibility index (Phi) is 11.0. The van der Waals surface area contributed by atoms with Crippen LogP contribution >= 0.6 is 0 Å². The Bertz CT molecular complexity index is 1170. The van der Waals surface area contributed by atoms with E-state index in [2.05, 4.69) is 121 Å². The number of hydrogen-bond donors (Lipinski definition) is 0. The second kappa shape index (κ2) is 15.0. The van der Waals surface area contributed by atoms with Crippen molar-refractivity contribution in [3.8, 4) is 0 Å². The van der Waals surface area contributed by atoms with Crippen LogP contribution in [0.3, 0.4) is 0 Å². The highest BCUT2D eigenvalue weighted by Crippen LogP contribution is 2.22. The molecule has 0 aromatic heterocycles. The number of rotatable bonds is 10. The second-order valence-corrected chi connectivity index (χ2v) is 8.81. The topological polar surface area (TPSA) is 23.6 Å². The zero-order valence-corrected chi connectivity index (χ0v) is 21.3. The summed E-state index contributed by atoms with van der Waals surface area (Å²) in [5.41, 5.74) is 6.32. The maximum atomic E-state index is 9.98. The molecule has 0 fully saturated rings. The third-order valence-corrected chi connectivity index (χ3v) is 5.79. The molecule has 3 nitrogen and oxygen atoms in total. The average Bonchev–Trinajstić information content (AvgIpc) is 2.93. The van der Waals surface area contributed by atoms with E-state index in [0.29, 0.717) is 6.42 Å². The molecule has 184 valence electrons. The van der Waals surface area contributed by atoms with Gasteiger partial charge in [0.2, 0.25) is 0 Å².